The number of nitrogens with zero attached hydrogens (tertiary/aromatic N) is 1. The lowest BCUT2D eigenvalue weighted by Gasteiger charge is -2.12. The van der Waals surface area contributed by atoms with Gasteiger partial charge in [0.25, 0.3) is 0 Å². The van der Waals surface area contributed by atoms with Gasteiger partial charge in [-0.1, -0.05) is 11.6 Å². The minimum atomic E-state index is 0.325. The SMILES string of the molecule is CN[C@@H](C)COc1cnc(Cl)c(C)c1. The molecular formula is C10H15ClN2O. The third-order valence-electron chi connectivity index (χ3n) is 1.98. The molecular weight excluding hydrogens is 200 g/mol. The molecule has 0 aliphatic carbocycles. The minimum absolute atomic E-state index is 0.325. The molecule has 0 unspecified atom stereocenters. The van der Waals surface area contributed by atoms with Crippen molar-refractivity contribution in [2.45, 2.75) is 19.9 Å². The molecule has 0 saturated carbocycles. The van der Waals surface area contributed by atoms with Crippen LogP contribution in [0.4, 0.5) is 0 Å². The summed E-state index contributed by atoms with van der Waals surface area (Å²) in [5.74, 6) is 0.758. The van der Waals surface area contributed by atoms with Crippen molar-refractivity contribution < 1.29 is 4.74 Å². The van der Waals surface area contributed by atoms with Gasteiger partial charge >= 0.3 is 0 Å². The Morgan fingerprint density at radius 2 is 2.36 bits per heavy atom. The highest BCUT2D eigenvalue weighted by molar-refractivity contribution is 6.30. The Labute approximate surface area is 89.4 Å². The van der Waals surface area contributed by atoms with E-state index in [4.69, 9.17) is 16.3 Å². The van der Waals surface area contributed by atoms with Crippen molar-refractivity contribution >= 4 is 11.6 Å². The zero-order chi connectivity index (χ0) is 10.6. The van der Waals surface area contributed by atoms with Gasteiger partial charge < -0.3 is 10.1 Å². The highest BCUT2D eigenvalue weighted by Crippen LogP contribution is 2.17. The number of hydrogen-bond donors (Lipinski definition) is 1. The first-order chi connectivity index (χ1) is 6.63. The molecule has 1 aromatic heterocycles. The van der Waals surface area contributed by atoms with Gasteiger partial charge in [0.15, 0.2) is 0 Å². The van der Waals surface area contributed by atoms with Crippen LogP contribution in [-0.2, 0) is 0 Å². The summed E-state index contributed by atoms with van der Waals surface area (Å²) < 4.78 is 5.51. The van der Waals surface area contributed by atoms with Crippen molar-refractivity contribution in [3.05, 3.63) is 23.0 Å². The van der Waals surface area contributed by atoms with E-state index < -0.39 is 0 Å². The first-order valence-electron chi connectivity index (χ1n) is 4.55. The number of likely N-dealkylation sites (N-methyl/N-ethyl adjacent to an activating group) is 1. The normalized spacial score (nSPS) is 12.6. The second kappa shape index (κ2) is 5.17. The lowest BCUT2D eigenvalue weighted by atomic mass is 10.3. The molecule has 0 amide bonds. The molecule has 14 heavy (non-hydrogen) atoms. The fourth-order valence-electron chi connectivity index (χ4n) is 0.916. The zero-order valence-electron chi connectivity index (χ0n) is 8.67. The summed E-state index contributed by atoms with van der Waals surface area (Å²) in [6.45, 7) is 4.58. The van der Waals surface area contributed by atoms with Crippen molar-refractivity contribution in [1.82, 2.24) is 10.3 Å². The van der Waals surface area contributed by atoms with Gasteiger partial charge in [0.05, 0.1) is 6.20 Å². The Morgan fingerprint density at radius 1 is 1.64 bits per heavy atom. The largest absolute Gasteiger partial charge is 0.490 e. The Balaban J connectivity index is 2.55. The molecule has 0 aliphatic heterocycles. The van der Waals surface area contributed by atoms with Gasteiger partial charge in [0.2, 0.25) is 0 Å². The summed E-state index contributed by atoms with van der Waals surface area (Å²) in [5, 5.41) is 3.62. The van der Waals surface area contributed by atoms with Crippen molar-refractivity contribution in [3.8, 4) is 5.75 Å². The molecule has 0 aliphatic rings. The monoisotopic (exact) mass is 214 g/mol. The van der Waals surface area contributed by atoms with Crippen LogP contribution in [-0.4, -0.2) is 24.7 Å². The summed E-state index contributed by atoms with van der Waals surface area (Å²) in [5.41, 5.74) is 0.932. The number of hydrogen-bond acceptors (Lipinski definition) is 3. The molecule has 1 heterocycles. The lowest BCUT2D eigenvalue weighted by molar-refractivity contribution is 0.279. The molecule has 0 spiro atoms. The van der Waals surface area contributed by atoms with Crippen LogP contribution in [0.5, 0.6) is 5.75 Å². The Morgan fingerprint density at radius 3 is 2.93 bits per heavy atom. The average Bonchev–Trinajstić information content (AvgIpc) is 2.19. The molecule has 78 valence electrons. The molecule has 0 saturated heterocycles. The molecule has 0 radical (unpaired) electrons. The van der Waals surface area contributed by atoms with E-state index in [9.17, 15) is 0 Å². The number of rotatable bonds is 4. The van der Waals surface area contributed by atoms with Crippen molar-refractivity contribution in [2.75, 3.05) is 13.7 Å². The van der Waals surface area contributed by atoms with Crippen LogP contribution in [0.1, 0.15) is 12.5 Å². The van der Waals surface area contributed by atoms with Crippen molar-refractivity contribution in [3.63, 3.8) is 0 Å². The fourth-order valence-corrected chi connectivity index (χ4v) is 1.02. The van der Waals surface area contributed by atoms with Gasteiger partial charge in [-0.3, -0.25) is 0 Å². The van der Waals surface area contributed by atoms with Crippen LogP contribution >= 0.6 is 11.6 Å². The van der Waals surface area contributed by atoms with Crippen LogP contribution in [0.25, 0.3) is 0 Å². The summed E-state index contributed by atoms with van der Waals surface area (Å²) in [6.07, 6.45) is 1.64. The van der Waals surface area contributed by atoms with Crippen LogP contribution in [0, 0.1) is 6.92 Å². The second-order valence-electron chi connectivity index (χ2n) is 3.28. The molecule has 0 aromatic carbocycles. The number of nitrogens with one attached hydrogen (secondary N) is 1. The fraction of sp³-hybridized carbons (Fsp3) is 0.500. The van der Waals surface area contributed by atoms with Crippen LogP contribution in [0.2, 0.25) is 5.15 Å². The molecule has 1 aromatic rings. The topological polar surface area (TPSA) is 34.1 Å². The minimum Gasteiger partial charge on any atom is -0.490 e. The number of aromatic nitrogens is 1. The Kier molecular flexibility index (Phi) is 4.17. The van der Waals surface area contributed by atoms with Crippen LogP contribution in [0.15, 0.2) is 12.3 Å². The molecule has 1 atom stereocenters. The third-order valence-corrected chi connectivity index (χ3v) is 2.38. The van der Waals surface area contributed by atoms with Gasteiger partial charge in [-0.25, -0.2) is 4.98 Å². The van der Waals surface area contributed by atoms with Gasteiger partial charge in [0.1, 0.15) is 17.5 Å². The maximum absolute atomic E-state index is 5.79. The number of aryl methyl sites for hydroxylation is 1. The molecule has 4 heteroatoms. The van der Waals surface area contributed by atoms with E-state index in [1.54, 1.807) is 6.20 Å². The smallest absolute Gasteiger partial charge is 0.138 e. The second-order valence-corrected chi connectivity index (χ2v) is 3.64. The van der Waals surface area contributed by atoms with Crippen LogP contribution in [0.3, 0.4) is 0 Å². The van der Waals surface area contributed by atoms with Gasteiger partial charge in [-0.2, -0.15) is 0 Å². The predicted octanol–water partition coefficient (Wildman–Crippen LogP) is 2.03. The molecule has 1 N–H and O–H groups in total. The highest BCUT2D eigenvalue weighted by Gasteiger charge is 2.02. The van der Waals surface area contributed by atoms with Gasteiger partial charge in [-0.05, 0) is 32.5 Å². The third kappa shape index (κ3) is 3.16. The van der Waals surface area contributed by atoms with Crippen molar-refractivity contribution in [1.29, 1.82) is 0 Å². The van der Waals surface area contributed by atoms with E-state index in [1.807, 2.05) is 20.0 Å². The van der Waals surface area contributed by atoms with E-state index in [1.165, 1.54) is 0 Å². The first kappa shape index (κ1) is 11.3. The number of ether oxygens (including phenoxy) is 1. The van der Waals surface area contributed by atoms with Gasteiger partial charge in [-0.15, -0.1) is 0 Å². The molecule has 0 fully saturated rings. The van der Waals surface area contributed by atoms with E-state index in [0.29, 0.717) is 17.8 Å². The zero-order valence-corrected chi connectivity index (χ0v) is 9.43. The molecule has 0 bridgehead atoms. The van der Waals surface area contributed by atoms with Crippen molar-refractivity contribution in [2.24, 2.45) is 0 Å². The summed E-state index contributed by atoms with van der Waals surface area (Å²) >= 11 is 5.79. The molecule has 3 nitrogen and oxygen atoms in total. The van der Waals surface area contributed by atoms with Crippen LogP contribution < -0.4 is 10.1 Å². The van der Waals surface area contributed by atoms with E-state index in [0.717, 1.165) is 11.3 Å². The summed E-state index contributed by atoms with van der Waals surface area (Å²) in [6, 6.07) is 2.21. The maximum Gasteiger partial charge on any atom is 0.138 e. The predicted molar refractivity (Wildman–Crippen MR) is 58.0 cm³/mol. The highest BCUT2D eigenvalue weighted by atomic mass is 35.5. The van der Waals surface area contributed by atoms with Gasteiger partial charge in [0, 0.05) is 6.04 Å². The van der Waals surface area contributed by atoms with E-state index in [-0.39, 0.29) is 0 Å². The average molecular weight is 215 g/mol. The number of halogens is 1. The summed E-state index contributed by atoms with van der Waals surface area (Å²) in [7, 11) is 1.90. The standard InChI is InChI=1S/C10H15ClN2O/c1-7-4-9(5-13-10(7)11)14-6-8(2)12-3/h4-5,8,12H,6H2,1-3H3/t8-/m0/s1. The lowest BCUT2D eigenvalue weighted by Crippen LogP contribution is -2.28. The maximum atomic E-state index is 5.79. The summed E-state index contributed by atoms with van der Waals surface area (Å²) in [4.78, 5) is 4.00. The quantitative estimate of drug-likeness (QED) is 0.779. The van der Waals surface area contributed by atoms with E-state index in [2.05, 4.69) is 17.2 Å². The Bertz CT molecular complexity index is 304. The first-order valence-corrected chi connectivity index (χ1v) is 4.93. The number of pyridine rings is 1. The van der Waals surface area contributed by atoms with E-state index >= 15 is 0 Å². The Hall–Kier alpha value is -0.800. The molecule has 1 rings (SSSR count).